The average Bonchev–Trinajstić information content (AvgIpc) is 3.23. The summed E-state index contributed by atoms with van der Waals surface area (Å²) >= 11 is 0. The van der Waals surface area contributed by atoms with Gasteiger partial charge in [0.25, 0.3) is 0 Å². The molecule has 23 heavy (non-hydrogen) atoms. The lowest BCUT2D eigenvalue weighted by Gasteiger charge is -2.39. The van der Waals surface area contributed by atoms with Gasteiger partial charge in [-0.2, -0.15) is 0 Å². The van der Waals surface area contributed by atoms with E-state index in [0.717, 1.165) is 0 Å². The first-order valence-corrected chi connectivity index (χ1v) is 10.9. The predicted molar refractivity (Wildman–Crippen MR) is 94.9 cm³/mol. The van der Waals surface area contributed by atoms with Crippen LogP contribution in [0, 0.1) is 11.8 Å². The van der Waals surface area contributed by atoms with E-state index in [4.69, 9.17) is 0 Å². The number of carbonyl (C=O) groups is 1. The molecule has 0 aromatic carbocycles. The van der Waals surface area contributed by atoms with Crippen molar-refractivity contribution in [2.24, 2.45) is 11.8 Å². The number of urea groups is 1. The molecule has 0 bridgehead atoms. The molecule has 0 spiro atoms. The van der Waals surface area contributed by atoms with Crippen LogP contribution >= 0.6 is 0 Å². The highest BCUT2D eigenvalue weighted by molar-refractivity contribution is 7.85. The summed E-state index contributed by atoms with van der Waals surface area (Å²) < 4.78 is 12.0. The van der Waals surface area contributed by atoms with Crippen molar-refractivity contribution in [1.29, 1.82) is 0 Å². The van der Waals surface area contributed by atoms with Gasteiger partial charge in [0.15, 0.2) is 0 Å². The van der Waals surface area contributed by atoms with Gasteiger partial charge in [-0.3, -0.25) is 4.21 Å². The molecular weight excluding hydrogens is 308 g/mol. The minimum atomic E-state index is -0.791. The summed E-state index contributed by atoms with van der Waals surface area (Å²) in [5.41, 5.74) is 0. The van der Waals surface area contributed by atoms with Gasteiger partial charge in [-0.1, -0.05) is 25.7 Å². The summed E-state index contributed by atoms with van der Waals surface area (Å²) in [5, 5.41) is 3.50. The van der Waals surface area contributed by atoms with Crippen molar-refractivity contribution in [2.45, 2.75) is 82.5 Å². The van der Waals surface area contributed by atoms with Crippen molar-refractivity contribution in [2.75, 3.05) is 12.3 Å². The fourth-order valence-electron chi connectivity index (χ4n) is 4.82. The highest BCUT2D eigenvalue weighted by atomic mass is 32.2. The lowest BCUT2D eigenvalue weighted by atomic mass is 9.86. The van der Waals surface area contributed by atoms with Gasteiger partial charge >= 0.3 is 6.03 Å². The lowest BCUT2D eigenvalue weighted by Crippen LogP contribution is -2.58. The molecule has 0 radical (unpaired) electrons. The van der Waals surface area contributed by atoms with Gasteiger partial charge in [-0.15, -0.1) is 0 Å². The number of nitrogens with zero attached hydrogens (tertiary/aromatic N) is 1. The van der Waals surface area contributed by atoms with Crippen LogP contribution in [0.4, 0.5) is 4.79 Å². The van der Waals surface area contributed by atoms with Crippen molar-refractivity contribution in [1.82, 2.24) is 10.2 Å². The molecule has 1 heterocycles. The van der Waals surface area contributed by atoms with Gasteiger partial charge in [0.1, 0.15) is 0 Å². The molecule has 3 fully saturated rings. The van der Waals surface area contributed by atoms with E-state index in [1.54, 1.807) is 0 Å². The Morgan fingerprint density at radius 3 is 2.09 bits per heavy atom. The number of carbonyl (C=O) groups excluding carboxylic acids is 1. The standard InChI is InChI=1S/C18H32N2O2S/c1-13-14(2)23(22)12-11-20(13)18(21)19-17(15-7-3-4-8-15)16-9-5-6-10-16/h13-17H,3-12H2,1-2H3,(H,19,21)/t13-,14-,23-/m1/s1. The molecular formula is C18H32N2O2S. The first-order valence-electron chi connectivity index (χ1n) is 9.52. The summed E-state index contributed by atoms with van der Waals surface area (Å²) in [5.74, 6) is 1.97. The van der Waals surface area contributed by atoms with Crippen molar-refractivity contribution in [3.05, 3.63) is 0 Å². The summed E-state index contributed by atoms with van der Waals surface area (Å²) in [6.45, 7) is 4.68. The van der Waals surface area contributed by atoms with Crippen LogP contribution in [0.5, 0.6) is 0 Å². The zero-order chi connectivity index (χ0) is 16.4. The molecule has 1 aliphatic heterocycles. The molecule has 3 aliphatic rings. The Morgan fingerprint density at radius 1 is 1.04 bits per heavy atom. The molecule has 1 N–H and O–H groups in total. The van der Waals surface area contributed by atoms with Gasteiger partial charge in [0.05, 0.1) is 5.25 Å². The molecule has 0 unspecified atom stereocenters. The van der Waals surface area contributed by atoms with Crippen molar-refractivity contribution in [3.8, 4) is 0 Å². The Labute approximate surface area is 143 Å². The quantitative estimate of drug-likeness (QED) is 0.857. The van der Waals surface area contributed by atoms with E-state index < -0.39 is 10.8 Å². The molecule has 132 valence electrons. The molecule has 3 rings (SSSR count). The van der Waals surface area contributed by atoms with E-state index >= 15 is 0 Å². The maximum atomic E-state index is 12.9. The Balaban J connectivity index is 1.66. The Kier molecular flexibility index (Phi) is 5.65. The third kappa shape index (κ3) is 3.75. The number of hydrogen-bond acceptors (Lipinski definition) is 2. The number of rotatable bonds is 3. The van der Waals surface area contributed by atoms with Crippen LogP contribution < -0.4 is 5.32 Å². The Bertz CT molecular complexity index is 428. The van der Waals surface area contributed by atoms with Crippen molar-refractivity contribution < 1.29 is 9.00 Å². The van der Waals surface area contributed by atoms with Crippen molar-refractivity contribution >= 4 is 16.8 Å². The maximum Gasteiger partial charge on any atom is 0.317 e. The van der Waals surface area contributed by atoms with E-state index in [-0.39, 0.29) is 17.3 Å². The molecule has 0 aromatic heterocycles. The number of hydrogen-bond donors (Lipinski definition) is 1. The van der Waals surface area contributed by atoms with Gasteiger partial charge < -0.3 is 10.2 Å². The highest BCUT2D eigenvalue weighted by Crippen LogP contribution is 2.37. The van der Waals surface area contributed by atoms with E-state index in [1.807, 2.05) is 18.7 Å². The normalized spacial score (nSPS) is 33.5. The van der Waals surface area contributed by atoms with E-state index in [0.29, 0.717) is 30.2 Å². The van der Waals surface area contributed by atoms with Crippen LogP contribution in [0.3, 0.4) is 0 Å². The number of nitrogens with one attached hydrogen (secondary N) is 1. The van der Waals surface area contributed by atoms with E-state index in [9.17, 15) is 9.00 Å². The minimum Gasteiger partial charge on any atom is -0.335 e. The molecule has 5 heteroatoms. The Morgan fingerprint density at radius 2 is 1.57 bits per heavy atom. The fraction of sp³-hybridized carbons (Fsp3) is 0.944. The monoisotopic (exact) mass is 340 g/mol. The Hall–Kier alpha value is -0.580. The molecule has 2 aliphatic carbocycles. The molecule has 4 nitrogen and oxygen atoms in total. The zero-order valence-corrected chi connectivity index (χ0v) is 15.4. The van der Waals surface area contributed by atoms with Crippen molar-refractivity contribution in [3.63, 3.8) is 0 Å². The van der Waals surface area contributed by atoms with Gasteiger partial charge in [0.2, 0.25) is 0 Å². The van der Waals surface area contributed by atoms with Gasteiger partial charge in [-0.25, -0.2) is 4.79 Å². The van der Waals surface area contributed by atoms with Crippen LogP contribution in [0.1, 0.15) is 65.2 Å². The first kappa shape index (κ1) is 17.2. The van der Waals surface area contributed by atoms with E-state index in [2.05, 4.69) is 5.32 Å². The van der Waals surface area contributed by atoms with Crippen LogP contribution in [-0.4, -0.2) is 44.8 Å². The third-order valence-corrected chi connectivity index (χ3v) is 8.29. The summed E-state index contributed by atoms with van der Waals surface area (Å²) in [6.07, 6.45) is 10.4. The molecule has 3 atom stereocenters. The van der Waals surface area contributed by atoms with Crippen LogP contribution in [0.15, 0.2) is 0 Å². The minimum absolute atomic E-state index is 0.0670. The van der Waals surface area contributed by atoms with Crippen LogP contribution in [0.25, 0.3) is 0 Å². The molecule has 2 saturated carbocycles. The van der Waals surface area contributed by atoms with Crippen LogP contribution in [0.2, 0.25) is 0 Å². The smallest absolute Gasteiger partial charge is 0.317 e. The lowest BCUT2D eigenvalue weighted by molar-refractivity contribution is 0.162. The summed E-state index contributed by atoms with van der Waals surface area (Å²) in [4.78, 5) is 14.8. The van der Waals surface area contributed by atoms with Gasteiger partial charge in [-0.05, 0) is 51.4 Å². The number of amides is 2. The molecule has 0 aromatic rings. The van der Waals surface area contributed by atoms with Crippen LogP contribution in [-0.2, 0) is 10.8 Å². The average molecular weight is 341 g/mol. The summed E-state index contributed by atoms with van der Waals surface area (Å²) in [7, 11) is -0.791. The second-order valence-electron chi connectivity index (χ2n) is 7.79. The third-order valence-electron chi connectivity index (χ3n) is 6.49. The fourth-order valence-corrected chi connectivity index (χ4v) is 6.15. The van der Waals surface area contributed by atoms with Gasteiger partial charge in [0, 0.05) is 35.2 Å². The first-order chi connectivity index (χ1) is 11.1. The zero-order valence-electron chi connectivity index (χ0n) is 14.6. The maximum absolute atomic E-state index is 12.9. The topological polar surface area (TPSA) is 49.4 Å². The largest absolute Gasteiger partial charge is 0.335 e. The SMILES string of the molecule is C[C@@H]1[C@@H](C)[S@](=O)CCN1C(=O)NC(C1CCCC1)C1CCCC1. The molecule has 1 saturated heterocycles. The van der Waals surface area contributed by atoms with E-state index in [1.165, 1.54) is 51.4 Å². The summed E-state index contributed by atoms with van der Waals surface area (Å²) in [6, 6.07) is 0.518. The second-order valence-corrected chi connectivity index (χ2v) is 9.70. The second kappa shape index (κ2) is 7.54. The highest BCUT2D eigenvalue weighted by Gasteiger charge is 2.38. The predicted octanol–water partition coefficient (Wildman–Crippen LogP) is 3.29. The molecule has 2 amide bonds.